The zero-order valence-electron chi connectivity index (χ0n) is 16.6. The zero-order valence-corrected chi connectivity index (χ0v) is 16.6. The molecule has 2 aliphatic rings. The number of nitrogens with one attached hydrogen (secondary N) is 4. The molecule has 154 valence electrons. The normalized spacial score (nSPS) is 23.6. The molecule has 1 saturated carbocycles. The molecule has 0 aromatic carbocycles. The van der Waals surface area contributed by atoms with Crippen molar-refractivity contribution in [3.05, 3.63) is 11.8 Å². The van der Waals surface area contributed by atoms with Crippen LogP contribution in [0, 0.1) is 6.92 Å². The summed E-state index contributed by atoms with van der Waals surface area (Å²) in [6.45, 7) is 3.79. The van der Waals surface area contributed by atoms with Gasteiger partial charge in [0.15, 0.2) is 6.29 Å². The summed E-state index contributed by atoms with van der Waals surface area (Å²) in [5, 5.41) is 16.0. The van der Waals surface area contributed by atoms with Gasteiger partial charge in [0, 0.05) is 24.6 Å². The first-order valence-electron chi connectivity index (χ1n) is 10.2. The molecule has 2 fully saturated rings. The van der Waals surface area contributed by atoms with Crippen molar-refractivity contribution in [1.82, 2.24) is 25.7 Å². The topological polar surface area (TPSA) is 117 Å². The second-order valence-electron chi connectivity index (χ2n) is 7.68. The van der Waals surface area contributed by atoms with E-state index in [0.29, 0.717) is 17.9 Å². The van der Waals surface area contributed by atoms with Crippen LogP contribution in [0.4, 0.5) is 5.82 Å². The van der Waals surface area contributed by atoms with Crippen LogP contribution >= 0.6 is 0 Å². The zero-order chi connectivity index (χ0) is 20.1. The molecule has 1 aromatic heterocycles. The average Bonchev–Trinajstić information content (AvgIpc) is 2.86. The highest BCUT2D eigenvalue weighted by Crippen LogP contribution is 2.19. The Labute approximate surface area is 165 Å². The van der Waals surface area contributed by atoms with Crippen molar-refractivity contribution in [3.8, 4) is 0 Å². The predicted molar refractivity (Wildman–Crippen MR) is 104 cm³/mol. The fourth-order valence-electron chi connectivity index (χ4n) is 3.81. The Morgan fingerprint density at radius 3 is 2.61 bits per heavy atom. The van der Waals surface area contributed by atoms with Crippen LogP contribution in [0.2, 0.25) is 0 Å². The second kappa shape index (κ2) is 9.18. The van der Waals surface area contributed by atoms with E-state index in [1.807, 2.05) is 6.92 Å². The fourth-order valence-corrected chi connectivity index (χ4v) is 3.81. The molecule has 1 aromatic rings. The molecule has 2 atom stereocenters. The van der Waals surface area contributed by atoms with Crippen LogP contribution in [0.3, 0.4) is 0 Å². The molecule has 4 N–H and O–H groups in total. The van der Waals surface area contributed by atoms with Gasteiger partial charge in [0.2, 0.25) is 5.91 Å². The van der Waals surface area contributed by atoms with Gasteiger partial charge >= 0.3 is 11.8 Å². The van der Waals surface area contributed by atoms with Crippen molar-refractivity contribution < 1.29 is 14.4 Å². The van der Waals surface area contributed by atoms with Crippen molar-refractivity contribution in [2.24, 2.45) is 0 Å². The van der Waals surface area contributed by atoms with Gasteiger partial charge in [-0.2, -0.15) is 5.10 Å². The summed E-state index contributed by atoms with van der Waals surface area (Å²) >= 11 is 0. The van der Waals surface area contributed by atoms with Crippen LogP contribution < -0.4 is 21.3 Å². The van der Waals surface area contributed by atoms with Crippen LogP contribution in [0.1, 0.15) is 70.3 Å². The first-order valence-corrected chi connectivity index (χ1v) is 10.2. The highest BCUT2D eigenvalue weighted by molar-refractivity contribution is 6.39. The highest BCUT2D eigenvalue weighted by Gasteiger charge is 2.29. The van der Waals surface area contributed by atoms with Gasteiger partial charge in [-0.1, -0.05) is 32.6 Å². The Bertz CT molecular complexity index is 723. The van der Waals surface area contributed by atoms with E-state index in [4.69, 9.17) is 0 Å². The molecule has 1 saturated heterocycles. The molecule has 2 unspecified atom stereocenters. The van der Waals surface area contributed by atoms with E-state index < -0.39 is 18.1 Å². The number of aryl methyl sites for hydroxylation is 1. The van der Waals surface area contributed by atoms with E-state index in [2.05, 4.69) is 26.4 Å². The van der Waals surface area contributed by atoms with Crippen LogP contribution in [0.15, 0.2) is 6.07 Å². The van der Waals surface area contributed by atoms with Gasteiger partial charge in [-0.3, -0.25) is 19.7 Å². The van der Waals surface area contributed by atoms with Crippen molar-refractivity contribution in [2.75, 3.05) is 5.32 Å². The van der Waals surface area contributed by atoms with Crippen LogP contribution in [0.5, 0.6) is 0 Å². The number of carbonyl (C=O) groups excluding carboxylic acids is 3. The molecule has 28 heavy (non-hydrogen) atoms. The minimum absolute atomic E-state index is 0.0327. The Kier molecular flexibility index (Phi) is 6.66. The maximum atomic E-state index is 12.4. The van der Waals surface area contributed by atoms with Crippen molar-refractivity contribution in [3.63, 3.8) is 0 Å². The number of nitrogens with zero attached hydrogens (tertiary/aromatic N) is 2. The maximum absolute atomic E-state index is 12.4. The molecule has 0 spiro atoms. The van der Waals surface area contributed by atoms with E-state index >= 15 is 0 Å². The molecule has 3 amide bonds. The molecule has 0 radical (unpaired) electrons. The minimum atomic E-state index is -0.723. The molecule has 9 nitrogen and oxygen atoms in total. The third-order valence-electron chi connectivity index (χ3n) is 5.36. The average molecular weight is 390 g/mol. The third kappa shape index (κ3) is 5.09. The lowest BCUT2D eigenvalue weighted by atomic mass is 10.1. The molecular formula is C19H30N6O3. The SMILES string of the molecule is CCC1CC(=O)NC(n2nc(C)cc2NC(=O)C(=O)NC2CCCCCC2)N1. The molecule has 9 heteroatoms. The Morgan fingerprint density at radius 1 is 1.21 bits per heavy atom. The van der Waals surface area contributed by atoms with Gasteiger partial charge in [0.1, 0.15) is 5.82 Å². The van der Waals surface area contributed by atoms with Crippen LogP contribution in [-0.4, -0.2) is 39.6 Å². The van der Waals surface area contributed by atoms with Crippen molar-refractivity contribution >= 4 is 23.5 Å². The summed E-state index contributed by atoms with van der Waals surface area (Å²) in [5.74, 6) is -1.07. The fraction of sp³-hybridized carbons (Fsp3) is 0.684. The van der Waals surface area contributed by atoms with Crippen molar-refractivity contribution in [2.45, 2.75) is 83.6 Å². The number of hydrogen-bond acceptors (Lipinski definition) is 5. The number of anilines is 1. The third-order valence-corrected chi connectivity index (χ3v) is 5.36. The van der Waals surface area contributed by atoms with Gasteiger partial charge in [-0.25, -0.2) is 4.68 Å². The van der Waals surface area contributed by atoms with Gasteiger partial charge in [-0.15, -0.1) is 0 Å². The van der Waals surface area contributed by atoms with Crippen molar-refractivity contribution in [1.29, 1.82) is 0 Å². The van der Waals surface area contributed by atoms with Crippen LogP contribution in [0.25, 0.3) is 0 Å². The van der Waals surface area contributed by atoms with Gasteiger partial charge in [0.05, 0.1) is 5.69 Å². The number of aromatic nitrogens is 2. The molecule has 1 aliphatic heterocycles. The van der Waals surface area contributed by atoms with E-state index in [0.717, 1.165) is 32.1 Å². The van der Waals surface area contributed by atoms with E-state index in [9.17, 15) is 14.4 Å². The first kappa shape index (κ1) is 20.3. The maximum Gasteiger partial charge on any atom is 0.314 e. The minimum Gasteiger partial charge on any atom is -0.345 e. The van der Waals surface area contributed by atoms with E-state index in [1.54, 1.807) is 13.0 Å². The lowest BCUT2D eigenvalue weighted by molar-refractivity contribution is -0.136. The standard InChI is InChI=1S/C19H30N6O3/c1-3-13-11-16(26)23-19(21-13)25-15(10-12(2)24-25)22-18(28)17(27)20-14-8-6-4-5-7-9-14/h10,13-14,19,21H,3-9,11H2,1-2H3,(H,20,27)(H,22,28)(H,23,26). The summed E-state index contributed by atoms with van der Waals surface area (Å²) in [4.78, 5) is 36.7. The second-order valence-corrected chi connectivity index (χ2v) is 7.68. The molecular weight excluding hydrogens is 360 g/mol. The largest absolute Gasteiger partial charge is 0.345 e. The first-order chi connectivity index (χ1) is 13.5. The Hall–Kier alpha value is -2.42. The molecule has 2 heterocycles. The van der Waals surface area contributed by atoms with Gasteiger partial charge < -0.3 is 16.0 Å². The summed E-state index contributed by atoms with van der Waals surface area (Å²) in [6, 6.07) is 1.77. The number of amides is 3. The summed E-state index contributed by atoms with van der Waals surface area (Å²) in [6.07, 6.45) is 6.95. The smallest absolute Gasteiger partial charge is 0.314 e. The van der Waals surface area contributed by atoms with E-state index in [-0.39, 0.29) is 18.0 Å². The van der Waals surface area contributed by atoms with E-state index in [1.165, 1.54) is 17.5 Å². The lowest BCUT2D eigenvalue weighted by Crippen LogP contribution is -2.53. The number of hydrogen-bond donors (Lipinski definition) is 4. The molecule has 0 bridgehead atoms. The Morgan fingerprint density at radius 2 is 1.93 bits per heavy atom. The number of rotatable bonds is 4. The summed E-state index contributed by atoms with van der Waals surface area (Å²) < 4.78 is 1.51. The molecule has 1 aliphatic carbocycles. The highest BCUT2D eigenvalue weighted by atomic mass is 16.2. The quantitative estimate of drug-likeness (QED) is 0.457. The summed E-state index contributed by atoms with van der Waals surface area (Å²) in [7, 11) is 0. The van der Waals surface area contributed by atoms with Gasteiger partial charge in [-0.05, 0) is 26.2 Å². The molecule has 3 rings (SSSR count). The summed E-state index contributed by atoms with van der Waals surface area (Å²) in [5.41, 5.74) is 0.675. The van der Waals surface area contributed by atoms with Gasteiger partial charge in [0.25, 0.3) is 0 Å². The Balaban J connectivity index is 1.66. The monoisotopic (exact) mass is 390 g/mol. The number of carbonyl (C=O) groups is 3. The van der Waals surface area contributed by atoms with Crippen LogP contribution in [-0.2, 0) is 14.4 Å². The lowest BCUT2D eigenvalue weighted by Gasteiger charge is -2.31. The predicted octanol–water partition coefficient (Wildman–Crippen LogP) is 1.31.